The van der Waals surface area contributed by atoms with Crippen molar-refractivity contribution in [2.45, 2.75) is 45.3 Å². The number of pyridine rings is 1. The molecule has 1 fully saturated rings. The first-order chi connectivity index (χ1) is 13.9. The third kappa shape index (κ3) is 5.77. The van der Waals surface area contributed by atoms with E-state index < -0.39 is 6.04 Å². The number of nitrogen functional groups attached to an aromatic ring is 1. The third-order valence-electron chi connectivity index (χ3n) is 5.33. The van der Waals surface area contributed by atoms with Crippen LogP contribution in [-0.2, 0) is 22.6 Å². The molecule has 7 heteroatoms. The number of hydrogen-bond acceptors (Lipinski definition) is 5. The van der Waals surface area contributed by atoms with Gasteiger partial charge in [-0.15, -0.1) is 0 Å². The van der Waals surface area contributed by atoms with Crippen molar-refractivity contribution in [3.63, 3.8) is 0 Å². The number of aryl methyl sites for hydroxylation is 1. The molecule has 0 aliphatic carbocycles. The number of nitrogens with two attached hydrogens (primary N) is 1. The highest BCUT2D eigenvalue weighted by Crippen LogP contribution is 2.19. The van der Waals surface area contributed by atoms with E-state index in [0.717, 1.165) is 30.6 Å². The number of carbonyl (C=O) groups is 2. The molecule has 0 saturated carbocycles. The van der Waals surface area contributed by atoms with E-state index in [2.05, 4.69) is 33.1 Å². The van der Waals surface area contributed by atoms with Gasteiger partial charge >= 0.3 is 0 Å². The van der Waals surface area contributed by atoms with E-state index >= 15 is 0 Å². The summed E-state index contributed by atoms with van der Waals surface area (Å²) >= 11 is 0. The minimum atomic E-state index is -0.612. The predicted octanol–water partition coefficient (Wildman–Crippen LogP) is 1.31. The first kappa shape index (κ1) is 20.8. The molecule has 3 rings (SSSR count). The third-order valence-corrected chi connectivity index (χ3v) is 5.33. The van der Waals surface area contributed by atoms with Gasteiger partial charge in [0.05, 0.1) is 6.04 Å². The van der Waals surface area contributed by atoms with Crippen LogP contribution in [-0.4, -0.2) is 35.4 Å². The molecule has 2 aromatic rings. The molecule has 0 spiro atoms. The number of amides is 2. The molecular weight excluding hydrogens is 366 g/mol. The second-order valence-electron chi connectivity index (χ2n) is 7.68. The maximum atomic E-state index is 12.5. The lowest BCUT2D eigenvalue weighted by atomic mass is 9.96. The van der Waals surface area contributed by atoms with Crippen LogP contribution in [0.4, 0.5) is 5.82 Å². The number of carbonyl (C=O) groups excluding carboxylic acids is 2. The zero-order valence-corrected chi connectivity index (χ0v) is 16.9. The van der Waals surface area contributed by atoms with Gasteiger partial charge in [0.15, 0.2) is 0 Å². The monoisotopic (exact) mass is 395 g/mol. The maximum Gasteiger partial charge on any atom is 0.242 e. The number of anilines is 1. The molecule has 2 amide bonds. The molecular formula is C22H29N5O2. The summed E-state index contributed by atoms with van der Waals surface area (Å²) in [7, 11) is 0. The minimum absolute atomic E-state index is 0.131. The van der Waals surface area contributed by atoms with E-state index in [-0.39, 0.29) is 17.9 Å². The Labute approximate surface area is 171 Å². The minimum Gasteiger partial charge on any atom is -0.384 e. The molecule has 1 saturated heterocycles. The summed E-state index contributed by atoms with van der Waals surface area (Å²) < 4.78 is 0. The van der Waals surface area contributed by atoms with E-state index in [1.807, 2.05) is 31.2 Å². The second kappa shape index (κ2) is 9.52. The Hall–Kier alpha value is -2.93. The lowest BCUT2D eigenvalue weighted by Crippen LogP contribution is -2.50. The average Bonchev–Trinajstić information content (AvgIpc) is 3.16. The molecule has 1 aliphatic rings. The Kier molecular flexibility index (Phi) is 6.82. The fourth-order valence-corrected chi connectivity index (χ4v) is 3.62. The van der Waals surface area contributed by atoms with Gasteiger partial charge in [-0.05, 0) is 56.3 Å². The Morgan fingerprint density at radius 1 is 1.24 bits per heavy atom. The molecule has 1 aliphatic heterocycles. The average molecular weight is 396 g/mol. The quantitative estimate of drug-likeness (QED) is 0.565. The molecule has 29 heavy (non-hydrogen) atoms. The first-order valence-corrected chi connectivity index (χ1v) is 9.99. The lowest BCUT2D eigenvalue weighted by Gasteiger charge is -2.17. The van der Waals surface area contributed by atoms with Gasteiger partial charge in [-0.1, -0.05) is 36.4 Å². The van der Waals surface area contributed by atoms with Crippen molar-refractivity contribution in [2.24, 2.45) is 5.92 Å². The van der Waals surface area contributed by atoms with Gasteiger partial charge in [0.25, 0.3) is 0 Å². The molecule has 0 radical (unpaired) electrons. The van der Waals surface area contributed by atoms with Crippen LogP contribution in [0.2, 0.25) is 0 Å². The van der Waals surface area contributed by atoms with Crippen molar-refractivity contribution < 1.29 is 9.59 Å². The Balaban J connectivity index is 1.44. The van der Waals surface area contributed by atoms with Crippen molar-refractivity contribution in [2.75, 3.05) is 12.3 Å². The normalized spacial score (nSPS) is 19.5. The van der Waals surface area contributed by atoms with Crippen LogP contribution >= 0.6 is 0 Å². The molecule has 0 bridgehead atoms. The van der Waals surface area contributed by atoms with Crippen LogP contribution in [0.15, 0.2) is 42.5 Å². The van der Waals surface area contributed by atoms with Gasteiger partial charge in [0, 0.05) is 12.2 Å². The fourth-order valence-electron chi connectivity index (χ4n) is 3.62. The summed E-state index contributed by atoms with van der Waals surface area (Å²) in [5, 5.41) is 8.94. The molecule has 1 aromatic heterocycles. The number of aromatic nitrogens is 1. The van der Waals surface area contributed by atoms with Crippen LogP contribution in [0.3, 0.4) is 0 Å². The summed E-state index contributed by atoms with van der Waals surface area (Å²) in [6, 6.07) is 13.0. The number of nitrogens with zero attached hydrogens (tertiary/aromatic N) is 1. The summed E-state index contributed by atoms with van der Waals surface area (Å²) in [4.78, 5) is 29.1. The van der Waals surface area contributed by atoms with E-state index in [9.17, 15) is 9.59 Å². The molecule has 5 N–H and O–H groups in total. The Morgan fingerprint density at radius 2 is 2.00 bits per heavy atom. The number of rotatable bonds is 7. The van der Waals surface area contributed by atoms with Gasteiger partial charge in [0.2, 0.25) is 11.8 Å². The lowest BCUT2D eigenvalue weighted by molar-refractivity contribution is -0.129. The van der Waals surface area contributed by atoms with Crippen molar-refractivity contribution >= 4 is 17.6 Å². The van der Waals surface area contributed by atoms with Crippen LogP contribution in [0.1, 0.15) is 30.2 Å². The molecule has 7 nitrogen and oxygen atoms in total. The topological polar surface area (TPSA) is 109 Å². The largest absolute Gasteiger partial charge is 0.384 e. The van der Waals surface area contributed by atoms with Gasteiger partial charge in [0.1, 0.15) is 11.9 Å². The van der Waals surface area contributed by atoms with Crippen LogP contribution in [0.25, 0.3) is 0 Å². The zero-order chi connectivity index (χ0) is 20.8. The van der Waals surface area contributed by atoms with Crippen LogP contribution < -0.4 is 21.7 Å². The zero-order valence-electron chi connectivity index (χ0n) is 16.9. The van der Waals surface area contributed by atoms with Gasteiger partial charge < -0.3 is 21.7 Å². The highest BCUT2D eigenvalue weighted by Gasteiger charge is 2.30. The van der Waals surface area contributed by atoms with E-state index in [0.29, 0.717) is 18.3 Å². The number of hydrogen-bond donors (Lipinski definition) is 4. The number of benzene rings is 1. The van der Waals surface area contributed by atoms with E-state index in [1.54, 1.807) is 13.0 Å². The Morgan fingerprint density at radius 3 is 2.72 bits per heavy atom. The molecule has 1 aromatic carbocycles. The van der Waals surface area contributed by atoms with Gasteiger partial charge in [-0.2, -0.15) is 0 Å². The smallest absolute Gasteiger partial charge is 0.242 e. The summed E-state index contributed by atoms with van der Waals surface area (Å²) in [5.41, 5.74) is 8.60. The van der Waals surface area contributed by atoms with Crippen molar-refractivity contribution in [1.82, 2.24) is 20.9 Å². The summed E-state index contributed by atoms with van der Waals surface area (Å²) in [6.45, 7) is 4.69. The predicted molar refractivity (Wildman–Crippen MR) is 113 cm³/mol. The molecule has 1 unspecified atom stereocenters. The number of nitrogens with one attached hydrogen (secondary N) is 3. The van der Waals surface area contributed by atoms with Gasteiger partial charge in [-0.3, -0.25) is 9.59 Å². The Bertz CT molecular complexity index is 856. The summed E-state index contributed by atoms with van der Waals surface area (Å²) in [5.74, 6) is 0.507. The highest BCUT2D eigenvalue weighted by molar-refractivity contribution is 5.89. The molecule has 3 atom stereocenters. The van der Waals surface area contributed by atoms with Crippen LogP contribution in [0.5, 0.6) is 0 Å². The SMILES string of the molecule is Cc1nc(N)ccc1CNC(=O)[C@H](C)NC(=O)[C@H]1CC(Cc2ccccc2)CN1. The van der Waals surface area contributed by atoms with Crippen LogP contribution in [0, 0.1) is 12.8 Å². The van der Waals surface area contributed by atoms with Crippen molar-refractivity contribution in [3.05, 3.63) is 59.3 Å². The molecule has 154 valence electrons. The molecule has 2 heterocycles. The van der Waals surface area contributed by atoms with E-state index in [1.165, 1.54) is 5.56 Å². The second-order valence-corrected chi connectivity index (χ2v) is 7.68. The fraction of sp³-hybridized carbons (Fsp3) is 0.409. The first-order valence-electron chi connectivity index (χ1n) is 9.99. The standard InChI is InChI=1S/C22H29N5O2/c1-14-18(8-9-20(23)26-14)13-25-21(28)15(2)27-22(29)19-11-17(12-24-19)10-16-6-4-3-5-7-16/h3-9,15,17,19,24H,10-13H2,1-2H3,(H2,23,26)(H,25,28)(H,27,29)/t15-,17?,19+/m0/s1. The van der Waals surface area contributed by atoms with Gasteiger partial charge in [-0.25, -0.2) is 4.98 Å². The highest BCUT2D eigenvalue weighted by atomic mass is 16.2. The summed E-state index contributed by atoms with van der Waals surface area (Å²) in [6.07, 6.45) is 1.72. The van der Waals surface area contributed by atoms with Crippen molar-refractivity contribution in [1.29, 1.82) is 0 Å². The van der Waals surface area contributed by atoms with Crippen molar-refractivity contribution in [3.8, 4) is 0 Å². The maximum absolute atomic E-state index is 12.5. The van der Waals surface area contributed by atoms with E-state index in [4.69, 9.17) is 5.73 Å².